The highest BCUT2D eigenvalue weighted by Crippen LogP contribution is 2.10. The summed E-state index contributed by atoms with van der Waals surface area (Å²) in [7, 11) is 2.91. The Morgan fingerprint density at radius 1 is 1.36 bits per heavy atom. The summed E-state index contributed by atoms with van der Waals surface area (Å²) >= 11 is 0. The molecule has 0 aliphatic heterocycles. The lowest BCUT2D eigenvalue weighted by molar-refractivity contribution is 0.357. The van der Waals surface area contributed by atoms with E-state index in [-0.39, 0.29) is 0 Å². The van der Waals surface area contributed by atoms with Gasteiger partial charge in [-0.25, -0.2) is 4.52 Å². The molecule has 0 amide bonds. The number of hydrogen-bond donors (Lipinski definition) is 0. The number of rotatable bonds is 3. The molecule has 2 nitrogen and oxygen atoms in total. The van der Waals surface area contributed by atoms with Gasteiger partial charge in [0.05, 0.1) is 6.61 Å². The Morgan fingerprint density at radius 3 is 2.73 bits per heavy atom. The fraction of sp³-hybridized carbons (Fsp3) is 0.143. The Hall–Kier alpha value is -0.290. The first-order valence-electron chi connectivity index (χ1n) is 3.19. The molecule has 1 aromatic carbocycles. The topological polar surface area (TPSA) is 21.6 Å². The maximum Gasteiger partial charge on any atom is 0.175 e. The van der Waals surface area contributed by atoms with E-state index in [2.05, 4.69) is 13.9 Å². The molecule has 11 heavy (non-hydrogen) atoms. The van der Waals surface area contributed by atoms with Crippen molar-refractivity contribution in [3.05, 3.63) is 35.9 Å². The predicted octanol–water partition coefficient (Wildman–Crippen LogP) is 3.04. The van der Waals surface area contributed by atoms with Crippen molar-refractivity contribution < 1.29 is 4.52 Å². The Kier molecular flexibility index (Phi) is 4.30. The summed E-state index contributed by atoms with van der Waals surface area (Å²) in [5.41, 5.74) is 1.17. The highest BCUT2D eigenvalue weighted by atomic mass is 31.1. The number of nitrogens with zero attached hydrogens (tertiary/aromatic N) is 1. The van der Waals surface area contributed by atoms with Crippen molar-refractivity contribution in [2.75, 3.05) is 0 Å². The van der Waals surface area contributed by atoms with Gasteiger partial charge in [0.15, 0.2) is 8.60 Å². The van der Waals surface area contributed by atoms with E-state index in [1.807, 2.05) is 30.3 Å². The van der Waals surface area contributed by atoms with Gasteiger partial charge in [-0.3, -0.25) is 0 Å². The Balaban J connectivity index is 2.39. The van der Waals surface area contributed by atoms with Crippen LogP contribution in [0.15, 0.2) is 34.8 Å². The molecule has 0 fully saturated rings. The van der Waals surface area contributed by atoms with Crippen LogP contribution in [0.2, 0.25) is 0 Å². The van der Waals surface area contributed by atoms with Gasteiger partial charge in [0, 0.05) is 0 Å². The van der Waals surface area contributed by atoms with Crippen molar-refractivity contribution in [3.63, 3.8) is 0 Å². The van der Waals surface area contributed by atoms with Crippen LogP contribution in [0.25, 0.3) is 0 Å². The highest BCUT2D eigenvalue weighted by Gasteiger charge is 1.87. The summed E-state index contributed by atoms with van der Waals surface area (Å²) in [4.78, 5) is 0. The maximum absolute atomic E-state index is 5.15. The van der Waals surface area contributed by atoms with E-state index in [9.17, 15) is 0 Å². The van der Waals surface area contributed by atoms with Gasteiger partial charge in [0.1, 0.15) is 0 Å². The second kappa shape index (κ2) is 5.37. The van der Waals surface area contributed by atoms with E-state index in [0.29, 0.717) is 15.2 Å². The molecule has 0 aliphatic rings. The molecule has 1 aromatic rings. The zero-order valence-corrected chi connectivity index (χ0v) is 8.02. The van der Waals surface area contributed by atoms with Crippen LogP contribution in [-0.4, -0.2) is 0 Å². The zero-order chi connectivity index (χ0) is 7.94. The minimum atomic E-state index is 0.625. The van der Waals surface area contributed by atoms with Gasteiger partial charge in [-0.15, -0.1) is 0 Å². The van der Waals surface area contributed by atoms with E-state index in [4.69, 9.17) is 4.52 Å². The molecular formula is C7H9NOP2. The van der Waals surface area contributed by atoms with Crippen molar-refractivity contribution in [1.82, 2.24) is 0 Å². The Bertz CT molecular complexity index is 225. The van der Waals surface area contributed by atoms with Crippen LogP contribution >= 0.6 is 18.0 Å². The third kappa shape index (κ3) is 3.57. The molecule has 0 aliphatic carbocycles. The average molecular weight is 185 g/mol. The zero-order valence-electron chi connectivity index (χ0n) is 5.97. The van der Waals surface area contributed by atoms with Crippen LogP contribution < -0.4 is 0 Å². The standard InChI is InChI=1S/C7H9NOP2/c10-8-11-9-6-7-4-2-1-3-5-7/h1-5H,6,10H2. The van der Waals surface area contributed by atoms with Crippen molar-refractivity contribution >= 4 is 18.0 Å². The highest BCUT2D eigenvalue weighted by molar-refractivity contribution is 7.31. The summed E-state index contributed by atoms with van der Waals surface area (Å²) in [6, 6.07) is 10.0. The third-order valence-electron chi connectivity index (χ3n) is 1.18. The second-order valence-corrected chi connectivity index (χ2v) is 3.30. The van der Waals surface area contributed by atoms with E-state index in [1.165, 1.54) is 5.56 Å². The summed E-state index contributed by atoms with van der Waals surface area (Å²) < 4.78 is 8.87. The van der Waals surface area contributed by atoms with Gasteiger partial charge in [-0.2, -0.15) is 0 Å². The van der Waals surface area contributed by atoms with Gasteiger partial charge in [0.25, 0.3) is 0 Å². The fourth-order valence-electron chi connectivity index (χ4n) is 0.711. The van der Waals surface area contributed by atoms with Crippen molar-refractivity contribution in [1.29, 1.82) is 0 Å². The molecule has 58 valence electrons. The number of benzene rings is 1. The summed E-state index contributed by atoms with van der Waals surface area (Å²) in [6.07, 6.45) is 0. The van der Waals surface area contributed by atoms with Gasteiger partial charge < -0.3 is 4.52 Å². The molecule has 0 saturated heterocycles. The largest absolute Gasteiger partial charge is 0.306 e. The lowest BCUT2D eigenvalue weighted by atomic mass is 10.2. The molecule has 0 N–H and O–H groups in total. The number of hydrogen-bond acceptors (Lipinski definition) is 2. The normalized spacial score (nSPS) is 10.6. The molecule has 0 spiro atoms. The lowest BCUT2D eigenvalue weighted by Gasteiger charge is -1.95. The molecule has 1 atom stereocenters. The second-order valence-electron chi connectivity index (χ2n) is 1.96. The minimum Gasteiger partial charge on any atom is -0.306 e. The van der Waals surface area contributed by atoms with Crippen molar-refractivity contribution in [2.24, 2.45) is 4.52 Å². The minimum absolute atomic E-state index is 0.625. The molecule has 0 radical (unpaired) electrons. The van der Waals surface area contributed by atoms with Gasteiger partial charge >= 0.3 is 0 Å². The summed E-state index contributed by atoms with van der Waals surface area (Å²) in [6.45, 7) is 0.625. The van der Waals surface area contributed by atoms with E-state index in [1.54, 1.807) is 0 Å². The van der Waals surface area contributed by atoms with Crippen LogP contribution in [0.5, 0.6) is 0 Å². The third-order valence-corrected chi connectivity index (χ3v) is 1.80. The summed E-state index contributed by atoms with van der Waals surface area (Å²) in [5, 5.41) is 0. The maximum atomic E-state index is 5.15. The van der Waals surface area contributed by atoms with Gasteiger partial charge in [-0.05, 0) is 15.0 Å². The molecule has 4 heteroatoms. The van der Waals surface area contributed by atoms with E-state index >= 15 is 0 Å². The monoisotopic (exact) mass is 185 g/mol. The van der Waals surface area contributed by atoms with E-state index < -0.39 is 0 Å². The predicted molar refractivity (Wildman–Crippen MR) is 50.3 cm³/mol. The first-order valence-corrected chi connectivity index (χ1v) is 4.48. The molecule has 1 unspecified atom stereocenters. The van der Waals surface area contributed by atoms with Crippen LogP contribution in [0.4, 0.5) is 0 Å². The smallest absolute Gasteiger partial charge is 0.175 e. The Morgan fingerprint density at radius 2 is 2.09 bits per heavy atom. The Labute approximate surface area is 70.2 Å². The molecule has 0 saturated carbocycles. The van der Waals surface area contributed by atoms with Crippen LogP contribution in [-0.2, 0) is 11.1 Å². The average Bonchev–Trinajstić information content (AvgIpc) is 2.07. The molecule has 0 bridgehead atoms. The molecule has 0 heterocycles. The SMILES string of the molecule is PN=POCc1ccccc1. The van der Waals surface area contributed by atoms with Crippen molar-refractivity contribution in [2.45, 2.75) is 6.61 Å². The fourth-order valence-corrected chi connectivity index (χ4v) is 1.18. The van der Waals surface area contributed by atoms with Crippen molar-refractivity contribution in [3.8, 4) is 0 Å². The van der Waals surface area contributed by atoms with Crippen LogP contribution in [0, 0.1) is 0 Å². The molecular weight excluding hydrogens is 176 g/mol. The van der Waals surface area contributed by atoms with E-state index in [0.717, 1.165) is 0 Å². The van der Waals surface area contributed by atoms with Crippen LogP contribution in [0.1, 0.15) is 5.56 Å². The molecule has 0 aromatic heterocycles. The molecule has 1 rings (SSSR count). The van der Waals surface area contributed by atoms with Gasteiger partial charge in [-0.1, -0.05) is 30.3 Å². The van der Waals surface area contributed by atoms with Gasteiger partial charge in [0.2, 0.25) is 0 Å². The first kappa shape index (κ1) is 8.80. The lowest BCUT2D eigenvalue weighted by Crippen LogP contribution is -1.80. The summed E-state index contributed by atoms with van der Waals surface area (Å²) in [5.74, 6) is 0. The quantitative estimate of drug-likeness (QED) is 0.663. The first-order chi connectivity index (χ1) is 5.43. The van der Waals surface area contributed by atoms with Crippen LogP contribution in [0.3, 0.4) is 0 Å².